The zero-order chi connectivity index (χ0) is 12.1. The van der Waals surface area contributed by atoms with Crippen molar-refractivity contribution in [2.75, 3.05) is 25.1 Å². The van der Waals surface area contributed by atoms with E-state index in [1.807, 2.05) is 19.2 Å². The smallest absolute Gasteiger partial charge is 0.142 e. The number of nitrogens with zero attached hydrogens (tertiary/aromatic N) is 3. The predicted molar refractivity (Wildman–Crippen MR) is 65.8 cm³/mol. The highest BCUT2D eigenvalue weighted by molar-refractivity contribution is 5.48. The van der Waals surface area contributed by atoms with Crippen molar-refractivity contribution >= 4 is 5.69 Å². The van der Waals surface area contributed by atoms with Crippen LogP contribution in [0.15, 0.2) is 18.3 Å². The summed E-state index contributed by atoms with van der Waals surface area (Å²) in [5.41, 5.74) is 1.48. The van der Waals surface area contributed by atoms with Crippen molar-refractivity contribution in [3.05, 3.63) is 24.0 Å². The molecular weight excluding hydrogens is 214 g/mol. The summed E-state index contributed by atoms with van der Waals surface area (Å²) in [7, 11) is 2.02. The molecule has 0 amide bonds. The highest BCUT2D eigenvalue weighted by Gasteiger charge is 2.16. The van der Waals surface area contributed by atoms with Gasteiger partial charge in [0.2, 0.25) is 0 Å². The van der Waals surface area contributed by atoms with Crippen LogP contribution in [0.1, 0.15) is 25.0 Å². The summed E-state index contributed by atoms with van der Waals surface area (Å²) >= 11 is 0. The second-order valence-corrected chi connectivity index (χ2v) is 4.38. The average Bonchev–Trinajstić information content (AvgIpc) is 2.40. The third kappa shape index (κ3) is 3.18. The molecule has 2 rings (SSSR count). The van der Waals surface area contributed by atoms with E-state index in [0.29, 0.717) is 11.8 Å². The molecule has 4 heteroatoms. The molecule has 0 N–H and O–H groups in total. The third-order valence-electron chi connectivity index (χ3n) is 3.05. The molecule has 1 atom stereocenters. The first-order chi connectivity index (χ1) is 8.29. The zero-order valence-corrected chi connectivity index (χ0v) is 10.1. The van der Waals surface area contributed by atoms with Crippen LogP contribution in [0.2, 0.25) is 0 Å². The summed E-state index contributed by atoms with van der Waals surface area (Å²) in [6, 6.07) is 5.79. The van der Waals surface area contributed by atoms with Crippen LogP contribution in [0.3, 0.4) is 0 Å². The monoisotopic (exact) mass is 231 g/mol. The Morgan fingerprint density at radius 3 is 3.18 bits per heavy atom. The molecule has 0 spiro atoms. The van der Waals surface area contributed by atoms with Crippen LogP contribution < -0.4 is 4.90 Å². The van der Waals surface area contributed by atoms with Gasteiger partial charge in [0.15, 0.2) is 0 Å². The maximum atomic E-state index is 8.81. The van der Waals surface area contributed by atoms with Crippen molar-refractivity contribution < 1.29 is 4.74 Å². The molecule has 1 fully saturated rings. The largest absolute Gasteiger partial charge is 0.376 e. The first kappa shape index (κ1) is 11.9. The first-order valence-electron chi connectivity index (χ1n) is 5.98. The van der Waals surface area contributed by atoms with Gasteiger partial charge in [-0.2, -0.15) is 5.26 Å². The lowest BCUT2D eigenvalue weighted by Crippen LogP contribution is -2.33. The Morgan fingerprint density at radius 2 is 2.47 bits per heavy atom. The number of rotatable bonds is 3. The van der Waals surface area contributed by atoms with Crippen LogP contribution in [0.4, 0.5) is 5.69 Å². The molecule has 17 heavy (non-hydrogen) atoms. The van der Waals surface area contributed by atoms with E-state index < -0.39 is 0 Å². The Kier molecular flexibility index (Phi) is 3.94. The summed E-state index contributed by atoms with van der Waals surface area (Å²) in [5, 5.41) is 8.81. The fraction of sp³-hybridized carbons (Fsp3) is 0.538. The Bertz CT molecular complexity index is 407. The zero-order valence-electron chi connectivity index (χ0n) is 10.1. The van der Waals surface area contributed by atoms with E-state index in [1.165, 1.54) is 12.8 Å². The van der Waals surface area contributed by atoms with Gasteiger partial charge in [-0.1, -0.05) is 0 Å². The molecule has 1 unspecified atom stereocenters. The van der Waals surface area contributed by atoms with Gasteiger partial charge >= 0.3 is 0 Å². The first-order valence-corrected chi connectivity index (χ1v) is 5.98. The third-order valence-corrected chi connectivity index (χ3v) is 3.05. The molecular formula is C13H17N3O. The molecule has 0 bridgehead atoms. The predicted octanol–water partition coefficient (Wildman–Crippen LogP) is 1.96. The second-order valence-electron chi connectivity index (χ2n) is 4.38. The van der Waals surface area contributed by atoms with Gasteiger partial charge in [-0.25, -0.2) is 4.98 Å². The topological polar surface area (TPSA) is 49.1 Å². The van der Waals surface area contributed by atoms with Crippen molar-refractivity contribution in [2.45, 2.75) is 25.4 Å². The highest BCUT2D eigenvalue weighted by Crippen LogP contribution is 2.17. The fourth-order valence-corrected chi connectivity index (χ4v) is 2.08. The molecule has 4 nitrogen and oxygen atoms in total. The Labute approximate surface area is 102 Å². The van der Waals surface area contributed by atoms with Crippen molar-refractivity contribution in [3.63, 3.8) is 0 Å². The SMILES string of the molecule is CN(CC1CCCCO1)c1ccnc(C#N)c1. The number of anilines is 1. The van der Waals surface area contributed by atoms with Crippen molar-refractivity contribution in [2.24, 2.45) is 0 Å². The second kappa shape index (κ2) is 5.65. The summed E-state index contributed by atoms with van der Waals surface area (Å²) in [6.45, 7) is 1.74. The van der Waals surface area contributed by atoms with Crippen molar-refractivity contribution in [1.29, 1.82) is 5.26 Å². The molecule has 90 valence electrons. The minimum absolute atomic E-state index is 0.312. The van der Waals surface area contributed by atoms with Crippen LogP contribution >= 0.6 is 0 Å². The van der Waals surface area contributed by atoms with E-state index in [-0.39, 0.29) is 0 Å². The van der Waals surface area contributed by atoms with Crippen molar-refractivity contribution in [3.8, 4) is 6.07 Å². The number of hydrogen-bond donors (Lipinski definition) is 0. The minimum atomic E-state index is 0.312. The maximum Gasteiger partial charge on any atom is 0.142 e. The lowest BCUT2D eigenvalue weighted by Gasteiger charge is -2.28. The molecule has 0 saturated carbocycles. The Morgan fingerprint density at radius 1 is 1.59 bits per heavy atom. The Hall–Kier alpha value is -1.60. The van der Waals surface area contributed by atoms with Crippen LogP contribution in [-0.4, -0.2) is 31.3 Å². The summed E-state index contributed by atoms with van der Waals surface area (Å²) in [4.78, 5) is 6.09. The van der Waals surface area contributed by atoms with Crippen LogP contribution in [0.5, 0.6) is 0 Å². The van der Waals surface area contributed by atoms with E-state index in [0.717, 1.165) is 25.3 Å². The van der Waals surface area contributed by atoms with Crippen LogP contribution in [0.25, 0.3) is 0 Å². The molecule has 1 aliphatic rings. The summed E-state index contributed by atoms with van der Waals surface area (Å²) < 4.78 is 5.70. The van der Waals surface area contributed by atoms with E-state index in [2.05, 4.69) is 16.0 Å². The molecule has 2 heterocycles. The van der Waals surface area contributed by atoms with Gasteiger partial charge in [0.25, 0.3) is 0 Å². The number of pyridine rings is 1. The van der Waals surface area contributed by atoms with E-state index in [1.54, 1.807) is 6.20 Å². The number of nitriles is 1. The number of hydrogen-bond acceptors (Lipinski definition) is 4. The number of ether oxygens (including phenoxy) is 1. The van der Waals surface area contributed by atoms with E-state index >= 15 is 0 Å². The molecule has 0 aromatic carbocycles. The molecule has 1 aromatic heterocycles. The number of likely N-dealkylation sites (N-methyl/N-ethyl adjacent to an activating group) is 1. The highest BCUT2D eigenvalue weighted by atomic mass is 16.5. The normalized spacial score (nSPS) is 19.6. The van der Waals surface area contributed by atoms with Gasteiger partial charge in [-0.3, -0.25) is 0 Å². The van der Waals surface area contributed by atoms with Gasteiger partial charge in [0.05, 0.1) is 6.10 Å². The molecule has 0 radical (unpaired) electrons. The maximum absolute atomic E-state index is 8.81. The lowest BCUT2D eigenvalue weighted by molar-refractivity contribution is 0.0216. The Balaban J connectivity index is 1.98. The molecule has 1 aromatic rings. The average molecular weight is 231 g/mol. The quantitative estimate of drug-likeness (QED) is 0.798. The minimum Gasteiger partial charge on any atom is -0.376 e. The fourth-order valence-electron chi connectivity index (χ4n) is 2.08. The van der Waals surface area contributed by atoms with Crippen LogP contribution in [-0.2, 0) is 4.74 Å². The van der Waals surface area contributed by atoms with Gasteiger partial charge in [0.1, 0.15) is 11.8 Å². The van der Waals surface area contributed by atoms with Gasteiger partial charge in [-0.05, 0) is 31.4 Å². The van der Waals surface area contributed by atoms with Crippen LogP contribution in [0, 0.1) is 11.3 Å². The molecule has 1 aliphatic heterocycles. The summed E-state index contributed by atoms with van der Waals surface area (Å²) in [6.07, 6.45) is 5.53. The number of aromatic nitrogens is 1. The molecule has 1 saturated heterocycles. The van der Waals surface area contributed by atoms with Gasteiger partial charge in [0, 0.05) is 32.1 Å². The van der Waals surface area contributed by atoms with E-state index in [9.17, 15) is 0 Å². The van der Waals surface area contributed by atoms with E-state index in [4.69, 9.17) is 10.00 Å². The van der Waals surface area contributed by atoms with Crippen molar-refractivity contribution in [1.82, 2.24) is 4.98 Å². The lowest BCUT2D eigenvalue weighted by atomic mass is 10.1. The van der Waals surface area contributed by atoms with Gasteiger partial charge in [-0.15, -0.1) is 0 Å². The summed E-state index contributed by atoms with van der Waals surface area (Å²) in [5.74, 6) is 0. The molecule has 0 aliphatic carbocycles. The van der Waals surface area contributed by atoms with Gasteiger partial charge < -0.3 is 9.64 Å². The standard InChI is InChI=1S/C13H17N3O/c1-16(10-13-4-2-3-7-17-13)12-5-6-15-11(8-12)9-14/h5-6,8,13H,2-4,7,10H2,1H3.